The number of ketones is 2. The van der Waals surface area contributed by atoms with Crippen LogP contribution in [0.25, 0.3) is 0 Å². The van der Waals surface area contributed by atoms with Gasteiger partial charge in [0.2, 0.25) is 5.78 Å². The van der Waals surface area contributed by atoms with Gasteiger partial charge in [0.25, 0.3) is 0 Å². The van der Waals surface area contributed by atoms with Gasteiger partial charge in [0.1, 0.15) is 0 Å². The lowest BCUT2D eigenvalue weighted by Gasteiger charge is -2.23. The third-order valence-electron chi connectivity index (χ3n) is 4.07. The summed E-state index contributed by atoms with van der Waals surface area (Å²) in [6, 6.07) is 0. The van der Waals surface area contributed by atoms with Crippen LogP contribution in [0, 0.1) is 11.8 Å². The first-order chi connectivity index (χ1) is 11.5. The van der Waals surface area contributed by atoms with E-state index in [1.54, 1.807) is 18.2 Å². The van der Waals surface area contributed by atoms with Crippen LogP contribution in [0.3, 0.4) is 0 Å². The molecule has 126 valence electrons. The van der Waals surface area contributed by atoms with Gasteiger partial charge in [0.05, 0.1) is 19.6 Å². The summed E-state index contributed by atoms with van der Waals surface area (Å²) in [5.41, 5.74) is 2.10. The normalized spacial score (nSPS) is 24.1. The number of ether oxygens (including phenoxy) is 1. The van der Waals surface area contributed by atoms with Gasteiger partial charge in [-0.05, 0) is 42.2 Å². The SMILES string of the molecule is C/C=C/C1=CC(C(C)/C=C2\C=CC(=O)C(CO)=C2)C(=O)C(OC)=C1. The van der Waals surface area contributed by atoms with Gasteiger partial charge in [-0.25, -0.2) is 0 Å². The molecular formula is C20H22O4. The zero-order valence-corrected chi connectivity index (χ0v) is 14.2. The van der Waals surface area contributed by atoms with Gasteiger partial charge < -0.3 is 9.84 Å². The molecule has 0 amide bonds. The van der Waals surface area contributed by atoms with Crippen molar-refractivity contribution in [3.8, 4) is 0 Å². The zero-order chi connectivity index (χ0) is 17.7. The number of rotatable bonds is 5. The van der Waals surface area contributed by atoms with Crippen LogP contribution in [-0.4, -0.2) is 30.4 Å². The van der Waals surface area contributed by atoms with E-state index >= 15 is 0 Å². The van der Waals surface area contributed by atoms with Crippen molar-refractivity contribution in [3.63, 3.8) is 0 Å². The molecule has 0 spiro atoms. The second-order valence-corrected chi connectivity index (χ2v) is 5.82. The lowest BCUT2D eigenvalue weighted by atomic mass is 9.82. The van der Waals surface area contributed by atoms with Crippen molar-refractivity contribution in [2.24, 2.45) is 11.8 Å². The summed E-state index contributed by atoms with van der Waals surface area (Å²) in [6.45, 7) is 3.58. The molecule has 0 heterocycles. The quantitative estimate of drug-likeness (QED) is 0.844. The number of Topliss-reactive ketones (excluding diaryl/α,β-unsaturated/α-hetero) is 1. The molecule has 2 unspecified atom stereocenters. The van der Waals surface area contributed by atoms with Crippen molar-refractivity contribution >= 4 is 11.6 Å². The second kappa shape index (κ2) is 7.88. The Kier molecular flexibility index (Phi) is 5.88. The molecule has 1 N–H and O–H groups in total. The maximum absolute atomic E-state index is 12.5. The molecule has 0 aromatic heterocycles. The van der Waals surface area contributed by atoms with Crippen LogP contribution < -0.4 is 0 Å². The van der Waals surface area contributed by atoms with Gasteiger partial charge in [0.15, 0.2) is 11.5 Å². The van der Waals surface area contributed by atoms with E-state index < -0.39 is 0 Å². The van der Waals surface area contributed by atoms with Gasteiger partial charge >= 0.3 is 0 Å². The summed E-state index contributed by atoms with van der Waals surface area (Å²) in [6.07, 6.45) is 14.3. The standard InChI is InChI=1S/C20H22O4/c1-4-5-14-10-17(20(23)19(11-14)24-3)13(2)8-15-6-7-18(22)16(9-15)12-21/h4-11,13,17,21H,12H2,1-3H3/b5-4+,15-8+. The fourth-order valence-corrected chi connectivity index (χ4v) is 2.80. The Morgan fingerprint density at radius 1 is 1.29 bits per heavy atom. The van der Waals surface area contributed by atoms with Gasteiger partial charge in [-0.3, -0.25) is 9.59 Å². The maximum Gasteiger partial charge on any atom is 0.204 e. The molecule has 0 saturated heterocycles. The van der Waals surface area contributed by atoms with E-state index in [1.165, 1.54) is 13.2 Å². The third kappa shape index (κ3) is 3.89. The van der Waals surface area contributed by atoms with Crippen molar-refractivity contribution in [3.05, 3.63) is 71.1 Å². The summed E-state index contributed by atoms with van der Waals surface area (Å²) in [5.74, 6) is -0.309. The van der Waals surface area contributed by atoms with Crippen molar-refractivity contribution < 1.29 is 19.4 Å². The van der Waals surface area contributed by atoms with E-state index in [9.17, 15) is 14.7 Å². The first kappa shape index (κ1) is 17.9. The minimum atomic E-state index is -0.333. The number of aliphatic hydroxyl groups excluding tert-OH is 1. The van der Waals surface area contributed by atoms with E-state index in [1.807, 2.05) is 38.2 Å². The van der Waals surface area contributed by atoms with Crippen LogP contribution in [0.2, 0.25) is 0 Å². The Morgan fingerprint density at radius 2 is 2.04 bits per heavy atom. The average Bonchev–Trinajstić information content (AvgIpc) is 2.58. The minimum Gasteiger partial charge on any atom is -0.493 e. The Hall–Kier alpha value is -2.46. The van der Waals surface area contributed by atoms with E-state index in [0.29, 0.717) is 11.3 Å². The number of methoxy groups -OCH3 is 1. The molecule has 0 aliphatic heterocycles. The molecule has 2 aliphatic rings. The third-order valence-corrected chi connectivity index (χ3v) is 4.07. The van der Waals surface area contributed by atoms with Gasteiger partial charge in [-0.15, -0.1) is 0 Å². The Bertz CT molecular complexity index is 714. The van der Waals surface area contributed by atoms with Gasteiger partial charge in [-0.1, -0.05) is 37.3 Å². The number of allylic oxidation sites excluding steroid dienone is 11. The van der Waals surface area contributed by atoms with Crippen molar-refractivity contribution in [1.29, 1.82) is 0 Å². The molecule has 24 heavy (non-hydrogen) atoms. The lowest BCUT2D eigenvalue weighted by molar-refractivity contribution is -0.121. The lowest BCUT2D eigenvalue weighted by Crippen LogP contribution is -2.24. The highest BCUT2D eigenvalue weighted by molar-refractivity contribution is 6.06. The highest BCUT2D eigenvalue weighted by Crippen LogP contribution is 2.29. The number of carbonyl (C=O) groups excluding carboxylic acids is 2. The molecule has 4 nitrogen and oxygen atoms in total. The number of hydrogen-bond acceptors (Lipinski definition) is 4. The average molecular weight is 326 g/mol. The van der Waals surface area contributed by atoms with Crippen molar-refractivity contribution in [2.45, 2.75) is 13.8 Å². The van der Waals surface area contributed by atoms with E-state index in [4.69, 9.17) is 4.74 Å². The number of hydrogen-bond donors (Lipinski definition) is 1. The monoisotopic (exact) mass is 326 g/mol. The van der Waals surface area contributed by atoms with Gasteiger partial charge in [0, 0.05) is 5.57 Å². The minimum absolute atomic E-state index is 0.0580. The smallest absolute Gasteiger partial charge is 0.204 e. The second-order valence-electron chi connectivity index (χ2n) is 5.82. The molecule has 2 atom stereocenters. The molecule has 0 saturated carbocycles. The van der Waals surface area contributed by atoms with E-state index in [-0.39, 0.29) is 30.0 Å². The molecule has 0 radical (unpaired) electrons. The van der Waals surface area contributed by atoms with E-state index in [2.05, 4.69) is 0 Å². The molecule has 2 rings (SSSR count). The number of carbonyl (C=O) groups is 2. The van der Waals surface area contributed by atoms with Crippen LogP contribution >= 0.6 is 0 Å². The Labute approximate surface area is 142 Å². The molecule has 0 aromatic rings. The Balaban J connectivity index is 2.30. The summed E-state index contributed by atoms with van der Waals surface area (Å²) < 4.78 is 5.21. The summed E-state index contributed by atoms with van der Waals surface area (Å²) in [7, 11) is 1.49. The van der Waals surface area contributed by atoms with Crippen LogP contribution in [0.1, 0.15) is 13.8 Å². The number of aliphatic hydroxyl groups is 1. The summed E-state index contributed by atoms with van der Waals surface area (Å²) >= 11 is 0. The molecule has 0 fully saturated rings. The van der Waals surface area contributed by atoms with E-state index in [0.717, 1.165) is 11.1 Å². The predicted molar refractivity (Wildman–Crippen MR) is 93.0 cm³/mol. The van der Waals surface area contributed by atoms with Crippen LogP contribution in [-0.2, 0) is 14.3 Å². The zero-order valence-electron chi connectivity index (χ0n) is 14.2. The highest BCUT2D eigenvalue weighted by Gasteiger charge is 2.29. The topological polar surface area (TPSA) is 63.6 Å². The van der Waals surface area contributed by atoms with Crippen LogP contribution in [0.5, 0.6) is 0 Å². The molecule has 0 aromatic carbocycles. The van der Waals surface area contributed by atoms with Crippen LogP contribution in [0.15, 0.2) is 71.1 Å². The fourth-order valence-electron chi connectivity index (χ4n) is 2.80. The molecule has 0 bridgehead atoms. The first-order valence-corrected chi connectivity index (χ1v) is 7.90. The molecule has 4 heteroatoms. The largest absolute Gasteiger partial charge is 0.493 e. The van der Waals surface area contributed by atoms with Crippen molar-refractivity contribution in [1.82, 2.24) is 0 Å². The Morgan fingerprint density at radius 3 is 2.67 bits per heavy atom. The predicted octanol–water partition coefficient (Wildman–Crippen LogP) is 2.84. The molecular weight excluding hydrogens is 304 g/mol. The maximum atomic E-state index is 12.5. The summed E-state index contributed by atoms with van der Waals surface area (Å²) in [5, 5.41) is 9.22. The van der Waals surface area contributed by atoms with Crippen molar-refractivity contribution in [2.75, 3.05) is 13.7 Å². The summed E-state index contributed by atoms with van der Waals surface area (Å²) in [4.78, 5) is 24.1. The molecule has 2 aliphatic carbocycles. The van der Waals surface area contributed by atoms with Crippen LogP contribution in [0.4, 0.5) is 0 Å². The van der Waals surface area contributed by atoms with Gasteiger partial charge in [-0.2, -0.15) is 0 Å². The highest BCUT2D eigenvalue weighted by atomic mass is 16.5. The first-order valence-electron chi connectivity index (χ1n) is 7.90. The fraction of sp³-hybridized carbons (Fsp3) is 0.300.